The fourth-order valence-corrected chi connectivity index (χ4v) is 3.08. The molecule has 0 aliphatic heterocycles. The molecule has 0 radical (unpaired) electrons. The average molecular weight is 300 g/mol. The Hall–Kier alpha value is -2.40. The number of hydrogen-bond acceptors (Lipinski definition) is 3. The number of amides is 1. The van der Waals surface area contributed by atoms with Crippen LogP contribution in [-0.2, 0) is 0 Å². The van der Waals surface area contributed by atoms with Crippen molar-refractivity contribution in [2.45, 2.75) is 6.92 Å². The largest absolute Gasteiger partial charge is 0.397 e. The number of nitrogens with two attached hydrogens (primary N) is 1. The molecule has 0 aliphatic rings. The predicted octanol–water partition coefficient (Wildman–Crippen LogP) is 4.18. The van der Waals surface area contributed by atoms with Crippen molar-refractivity contribution in [1.82, 2.24) is 0 Å². The van der Waals surface area contributed by atoms with E-state index in [0.29, 0.717) is 16.3 Å². The van der Waals surface area contributed by atoms with Gasteiger partial charge in [-0.15, -0.1) is 11.3 Å². The summed E-state index contributed by atoms with van der Waals surface area (Å²) in [7, 11) is 0. The zero-order chi connectivity index (χ0) is 15.0. The predicted molar refractivity (Wildman–Crippen MR) is 85.3 cm³/mol. The van der Waals surface area contributed by atoms with Crippen LogP contribution in [-0.4, -0.2) is 5.91 Å². The molecule has 0 aliphatic carbocycles. The lowest BCUT2D eigenvalue weighted by Crippen LogP contribution is -2.11. The van der Waals surface area contributed by atoms with Gasteiger partial charge in [-0.05, 0) is 48.2 Å². The Morgan fingerprint density at radius 1 is 1.19 bits per heavy atom. The van der Waals surface area contributed by atoms with Gasteiger partial charge in [0.25, 0.3) is 5.91 Å². The molecular formula is C16H13FN2OS. The molecule has 3 aromatic rings. The number of carbonyl (C=O) groups is 1. The minimum atomic E-state index is -0.306. The third-order valence-electron chi connectivity index (χ3n) is 3.16. The maximum absolute atomic E-state index is 13.2. The van der Waals surface area contributed by atoms with Crippen LogP contribution in [0.3, 0.4) is 0 Å². The molecule has 0 unspecified atom stereocenters. The zero-order valence-corrected chi connectivity index (χ0v) is 12.1. The molecule has 0 bridgehead atoms. The number of thiophene rings is 1. The second kappa shape index (κ2) is 5.18. The summed E-state index contributed by atoms with van der Waals surface area (Å²) in [6, 6.07) is 11.7. The maximum atomic E-state index is 13.2. The van der Waals surface area contributed by atoms with Gasteiger partial charge in [-0.25, -0.2) is 4.39 Å². The molecule has 0 saturated carbocycles. The topological polar surface area (TPSA) is 55.1 Å². The van der Waals surface area contributed by atoms with Crippen molar-refractivity contribution in [2.24, 2.45) is 0 Å². The number of halogens is 1. The van der Waals surface area contributed by atoms with Crippen molar-refractivity contribution in [3.63, 3.8) is 0 Å². The molecule has 0 spiro atoms. The van der Waals surface area contributed by atoms with Crippen LogP contribution in [0.4, 0.5) is 15.8 Å². The van der Waals surface area contributed by atoms with Gasteiger partial charge >= 0.3 is 0 Å². The van der Waals surface area contributed by atoms with Crippen LogP contribution in [0, 0.1) is 12.7 Å². The van der Waals surface area contributed by atoms with E-state index in [0.717, 1.165) is 15.6 Å². The van der Waals surface area contributed by atoms with E-state index in [1.54, 1.807) is 24.3 Å². The summed E-state index contributed by atoms with van der Waals surface area (Å²) in [6.07, 6.45) is 0. The number of fused-ring (bicyclic) bond motifs is 1. The van der Waals surface area contributed by atoms with Crippen molar-refractivity contribution in [1.29, 1.82) is 0 Å². The number of nitrogens with one attached hydrogen (secondary N) is 1. The van der Waals surface area contributed by atoms with E-state index in [4.69, 9.17) is 5.73 Å². The quantitative estimate of drug-likeness (QED) is 0.697. The molecule has 3 rings (SSSR count). The van der Waals surface area contributed by atoms with Crippen LogP contribution in [0.15, 0.2) is 42.5 Å². The SMILES string of the molecule is Cc1ccc(NC(=O)c2cc3ccc(F)cc3s2)c(N)c1. The molecule has 0 atom stereocenters. The first kappa shape index (κ1) is 13.6. The lowest BCUT2D eigenvalue weighted by molar-refractivity contribution is 0.103. The summed E-state index contributed by atoms with van der Waals surface area (Å²) < 4.78 is 13.9. The lowest BCUT2D eigenvalue weighted by Gasteiger charge is -2.07. The Morgan fingerprint density at radius 2 is 2.00 bits per heavy atom. The lowest BCUT2D eigenvalue weighted by atomic mass is 10.2. The van der Waals surface area contributed by atoms with Crippen LogP contribution >= 0.6 is 11.3 Å². The van der Waals surface area contributed by atoms with Gasteiger partial charge in [-0.3, -0.25) is 4.79 Å². The Morgan fingerprint density at radius 3 is 2.76 bits per heavy atom. The average Bonchev–Trinajstić information content (AvgIpc) is 2.85. The zero-order valence-electron chi connectivity index (χ0n) is 11.3. The van der Waals surface area contributed by atoms with Crippen molar-refractivity contribution < 1.29 is 9.18 Å². The molecule has 3 nitrogen and oxygen atoms in total. The minimum absolute atomic E-state index is 0.243. The van der Waals surface area contributed by atoms with Crippen molar-refractivity contribution in [2.75, 3.05) is 11.1 Å². The summed E-state index contributed by atoms with van der Waals surface area (Å²) in [5.41, 5.74) is 8.01. The van der Waals surface area contributed by atoms with Crippen LogP contribution in [0.5, 0.6) is 0 Å². The third kappa shape index (κ3) is 2.73. The number of anilines is 2. The molecule has 5 heteroatoms. The highest BCUT2D eigenvalue weighted by Gasteiger charge is 2.12. The summed E-state index contributed by atoms with van der Waals surface area (Å²) in [6.45, 7) is 1.93. The monoisotopic (exact) mass is 300 g/mol. The van der Waals surface area contributed by atoms with Crippen LogP contribution in [0.1, 0.15) is 15.2 Å². The number of benzene rings is 2. The molecular weight excluding hydrogens is 287 g/mol. The maximum Gasteiger partial charge on any atom is 0.265 e. The number of carbonyl (C=O) groups excluding carboxylic acids is 1. The highest BCUT2D eigenvalue weighted by atomic mass is 32.1. The first-order chi connectivity index (χ1) is 10.0. The minimum Gasteiger partial charge on any atom is -0.397 e. The van der Waals surface area contributed by atoms with Crippen molar-refractivity contribution in [3.05, 3.63) is 58.7 Å². The molecule has 0 saturated heterocycles. The van der Waals surface area contributed by atoms with E-state index in [1.807, 2.05) is 13.0 Å². The molecule has 21 heavy (non-hydrogen) atoms. The number of hydrogen-bond donors (Lipinski definition) is 2. The third-order valence-corrected chi connectivity index (χ3v) is 4.26. The van der Waals surface area contributed by atoms with Crippen molar-refractivity contribution >= 4 is 38.7 Å². The summed E-state index contributed by atoms with van der Waals surface area (Å²) in [4.78, 5) is 12.8. The summed E-state index contributed by atoms with van der Waals surface area (Å²) in [5, 5.41) is 3.63. The van der Waals surface area contributed by atoms with Crippen LogP contribution < -0.4 is 11.1 Å². The van der Waals surface area contributed by atoms with E-state index < -0.39 is 0 Å². The molecule has 3 N–H and O–H groups in total. The first-order valence-corrected chi connectivity index (χ1v) is 7.21. The number of rotatable bonds is 2. The van der Waals surface area contributed by atoms with Gasteiger partial charge in [0.2, 0.25) is 0 Å². The molecule has 106 valence electrons. The molecule has 2 aromatic carbocycles. The molecule has 1 amide bonds. The van der Waals surface area contributed by atoms with Crippen LogP contribution in [0.2, 0.25) is 0 Å². The van der Waals surface area contributed by atoms with Gasteiger partial charge in [-0.1, -0.05) is 12.1 Å². The highest BCUT2D eigenvalue weighted by Crippen LogP contribution is 2.28. The van der Waals surface area contributed by atoms with E-state index in [1.165, 1.54) is 23.5 Å². The second-order valence-corrected chi connectivity index (χ2v) is 5.92. The number of nitrogen functional groups attached to an aromatic ring is 1. The summed E-state index contributed by atoms with van der Waals surface area (Å²) >= 11 is 1.25. The van der Waals surface area contributed by atoms with E-state index in [-0.39, 0.29) is 11.7 Å². The van der Waals surface area contributed by atoms with Crippen LogP contribution in [0.25, 0.3) is 10.1 Å². The standard InChI is InChI=1S/C16H13FN2OS/c1-9-2-5-13(12(18)6-9)19-16(20)15-7-10-3-4-11(17)8-14(10)21-15/h2-8H,18H2,1H3,(H,19,20). The fraction of sp³-hybridized carbons (Fsp3) is 0.0625. The highest BCUT2D eigenvalue weighted by molar-refractivity contribution is 7.20. The smallest absolute Gasteiger partial charge is 0.265 e. The Bertz CT molecular complexity index is 841. The Balaban J connectivity index is 1.89. The van der Waals surface area contributed by atoms with Crippen molar-refractivity contribution in [3.8, 4) is 0 Å². The van der Waals surface area contributed by atoms with Gasteiger partial charge in [0.15, 0.2) is 0 Å². The normalized spacial score (nSPS) is 10.8. The molecule has 1 aromatic heterocycles. The van der Waals surface area contributed by atoms with Gasteiger partial charge < -0.3 is 11.1 Å². The fourth-order valence-electron chi connectivity index (χ4n) is 2.10. The van der Waals surface area contributed by atoms with Gasteiger partial charge in [0.05, 0.1) is 16.3 Å². The van der Waals surface area contributed by atoms with E-state index >= 15 is 0 Å². The second-order valence-electron chi connectivity index (χ2n) is 4.84. The van der Waals surface area contributed by atoms with Gasteiger partial charge in [-0.2, -0.15) is 0 Å². The number of aryl methyl sites for hydroxylation is 1. The Labute approximate surface area is 125 Å². The van der Waals surface area contributed by atoms with E-state index in [9.17, 15) is 9.18 Å². The van der Waals surface area contributed by atoms with Gasteiger partial charge in [0, 0.05) is 4.70 Å². The van der Waals surface area contributed by atoms with Gasteiger partial charge in [0.1, 0.15) is 5.82 Å². The summed E-state index contributed by atoms with van der Waals surface area (Å²) in [5.74, 6) is -0.550. The van der Waals surface area contributed by atoms with E-state index in [2.05, 4.69) is 5.32 Å². The molecule has 0 fully saturated rings. The first-order valence-electron chi connectivity index (χ1n) is 6.39. The molecule has 1 heterocycles. The Kier molecular flexibility index (Phi) is 3.35.